The van der Waals surface area contributed by atoms with Crippen molar-refractivity contribution in [2.75, 3.05) is 0 Å². The second-order valence-corrected chi connectivity index (χ2v) is 12.1. The molecule has 3 rings (SSSR count). The van der Waals surface area contributed by atoms with Crippen LogP contribution in [0.2, 0.25) is 0 Å². The molecule has 0 aromatic carbocycles. The molecule has 210 valence electrons. The van der Waals surface area contributed by atoms with Gasteiger partial charge in [-0.1, -0.05) is 39.3 Å². The summed E-state index contributed by atoms with van der Waals surface area (Å²) >= 11 is 0. The number of aliphatic hydroxyl groups is 2. The molecule has 0 bridgehead atoms. The molecule has 2 aliphatic rings. The van der Waals surface area contributed by atoms with Crippen LogP contribution in [0, 0.1) is 17.3 Å². The number of carbonyl (C=O) groups excluding carboxylic acids is 2. The van der Waals surface area contributed by atoms with Gasteiger partial charge in [0.05, 0.1) is 47.5 Å². The maximum Gasteiger partial charge on any atom is 0.223 e. The molecule has 1 amide bonds. The van der Waals surface area contributed by atoms with Crippen LogP contribution < -0.4 is 5.32 Å². The van der Waals surface area contributed by atoms with E-state index in [-0.39, 0.29) is 41.8 Å². The topological polar surface area (TPSA) is 112 Å². The fraction of sp³-hybridized carbons (Fsp3) is 0.645. The predicted molar refractivity (Wildman–Crippen MR) is 149 cm³/mol. The fourth-order valence-electron chi connectivity index (χ4n) is 5.60. The number of carbonyl (C=O) groups is 2. The van der Waals surface area contributed by atoms with Gasteiger partial charge < -0.3 is 20.3 Å². The molecular weight excluding hydrogens is 480 g/mol. The summed E-state index contributed by atoms with van der Waals surface area (Å²) in [6.45, 7) is 13.2. The standard InChI is InChI=1S/C31H46N2O5/c1-7-8-14-23-28(36)20(2)12-11-15-31(6)26(38-31)18-24(21(3)17-22-13-9-10-16-32-22)33-27(35)19-25(34)30(4,5)29(23)37/h7,9-10,13,16-17,20,23-26,28,34,36H,1,8,11-12,14-15,18-19H2,2-6H3,(H,33,35)/t20-,23+,24-,25-,26?,28+,31?/m0/s1. The monoisotopic (exact) mass is 526 g/mol. The third-order valence-electron chi connectivity index (χ3n) is 8.63. The molecule has 2 saturated heterocycles. The van der Waals surface area contributed by atoms with Crippen LogP contribution in [0.1, 0.15) is 85.3 Å². The Labute approximate surface area is 227 Å². The number of nitrogens with zero attached hydrogens (tertiary/aromatic N) is 1. The summed E-state index contributed by atoms with van der Waals surface area (Å²) in [5, 5.41) is 25.4. The highest BCUT2D eigenvalue weighted by Gasteiger charge is 2.52. The molecule has 0 saturated carbocycles. The van der Waals surface area contributed by atoms with Gasteiger partial charge in [-0.25, -0.2) is 0 Å². The van der Waals surface area contributed by atoms with Gasteiger partial charge in [0.2, 0.25) is 5.91 Å². The molecule has 2 unspecified atom stereocenters. The quantitative estimate of drug-likeness (QED) is 0.381. The van der Waals surface area contributed by atoms with Crippen LogP contribution >= 0.6 is 0 Å². The Bertz CT molecular complexity index is 1010. The van der Waals surface area contributed by atoms with Crippen molar-refractivity contribution in [3.63, 3.8) is 0 Å². The van der Waals surface area contributed by atoms with Gasteiger partial charge in [0.15, 0.2) is 0 Å². The number of pyridine rings is 1. The molecule has 7 nitrogen and oxygen atoms in total. The summed E-state index contributed by atoms with van der Waals surface area (Å²) in [4.78, 5) is 31.3. The van der Waals surface area contributed by atoms with Crippen molar-refractivity contribution in [1.29, 1.82) is 0 Å². The van der Waals surface area contributed by atoms with E-state index < -0.39 is 23.5 Å². The van der Waals surface area contributed by atoms with Gasteiger partial charge in [0, 0.05) is 18.5 Å². The Hall–Kier alpha value is -2.35. The van der Waals surface area contributed by atoms with Gasteiger partial charge in [-0.2, -0.15) is 0 Å². The number of rotatable bonds is 5. The average molecular weight is 527 g/mol. The molecule has 1 aromatic heterocycles. The first-order valence-corrected chi connectivity index (χ1v) is 14.0. The lowest BCUT2D eigenvalue weighted by Gasteiger charge is -2.36. The number of amides is 1. The number of allylic oxidation sites excluding steroid dienone is 1. The smallest absolute Gasteiger partial charge is 0.223 e. The molecule has 0 spiro atoms. The highest BCUT2D eigenvalue weighted by molar-refractivity contribution is 5.88. The summed E-state index contributed by atoms with van der Waals surface area (Å²) in [6, 6.07) is 5.39. The number of epoxide rings is 1. The van der Waals surface area contributed by atoms with E-state index >= 15 is 0 Å². The van der Waals surface area contributed by atoms with Crippen molar-refractivity contribution < 1.29 is 24.5 Å². The van der Waals surface area contributed by atoms with E-state index in [1.165, 1.54) is 0 Å². The van der Waals surface area contributed by atoms with Crippen molar-refractivity contribution in [3.8, 4) is 0 Å². The average Bonchev–Trinajstić information content (AvgIpc) is 3.51. The van der Waals surface area contributed by atoms with E-state index in [9.17, 15) is 19.8 Å². The molecule has 2 aliphatic heterocycles. The SMILES string of the molecule is C=CCC[C@H]1C(=O)C(C)(C)[C@@H](O)CC(=O)N[C@H](C(C)=Cc2ccccn2)CC2OC2(C)CCC[C@H](C)[C@H]1O. The van der Waals surface area contributed by atoms with E-state index in [1.54, 1.807) is 26.1 Å². The second-order valence-electron chi connectivity index (χ2n) is 12.1. The number of hydrogen-bond donors (Lipinski definition) is 3. The Morgan fingerprint density at radius 2 is 2.00 bits per heavy atom. The lowest BCUT2D eigenvalue weighted by atomic mass is 9.71. The summed E-state index contributed by atoms with van der Waals surface area (Å²) in [7, 11) is 0. The number of nitrogens with one attached hydrogen (secondary N) is 1. The molecule has 0 radical (unpaired) electrons. The molecule has 3 N–H and O–H groups in total. The molecule has 7 heteroatoms. The molecule has 38 heavy (non-hydrogen) atoms. The Kier molecular flexibility index (Phi) is 10.1. The zero-order valence-corrected chi connectivity index (χ0v) is 23.7. The second kappa shape index (κ2) is 12.7. The number of fused-ring (bicyclic) bond motifs is 1. The van der Waals surface area contributed by atoms with Gasteiger partial charge >= 0.3 is 0 Å². The van der Waals surface area contributed by atoms with Crippen molar-refractivity contribution >= 4 is 17.8 Å². The lowest BCUT2D eigenvalue weighted by Crippen LogP contribution is -2.48. The first-order chi connectivity index (χ1) is 17.9. The number of aliphatic hydroxyl groups excluding tert-OH is 2. The largest absolute Gasteiger partial charge is 0.392 e. The van der Waals surface area contributed by atoms with Gasteiger partial charge in [-0.05, 0) is 69.2 Å². The minimum atomic E-state index is -1.20. The molecule has 2 fully saturated rings. The highest BCUT2D eigenvalue weighted by Crippen LogP contribution is 2.44. The van der Waals surface area contributed by atoms with Crippen molar-refractivity contribution in [2.24, 2.45) is 17.3 Å². The van der Waals surface area contributed by atoms with Crippen LogP contribution in [0.15, 0.2) is 42.6 Å². The van der Waals surface area contributed by atoms with Crippen LogP contribution in [-0.4, -0.2) is 56.8 Å². The first-order valence-electron chi connectivity index (χ1n) is 14.0. The zero-order valence-electron chi connectivity index (χ0n) is 23.7. The summed E-state index contributed by atoms with van der Waals surface area (Å²) in [5.41, 5.74) is 0.265. The van der Waals surface area contributed by atoms with Gasteiger partial charge in [-0.3, -0.25) is 14.6 Å². The predicted octanol–water partition coefficient (Wildman–Crippen LogP) is 4.63. The van der Waals surface area contributed by atoms with Gasteiger partial charge in [-0.15, -0.1) is 6.58 Å². The number of hydrogen-bond acceptors (Lipinski definition) is 6. The van der Waals surface area contributed by atoms with Crippen LogP contribution in [0.5, 0.6) is 0 Å². The molecule has 7 atom stereocenters. The summed E-state index contributed by atoms with van der Waals surface area (Å²) < 4.78 is 6.13. The van der Waals surface area contributed by atoms with E-state index in [1.807, 2.05) is 38.1 Å². The number of ether oxygens (including phenoxy) is 1. The first kappa shape index (κ1) is 30.2. The van der Waals surface area contributed by atoms with E-state index in [2.05, 4.69) is 23.8 Å². The molecule has 3 heterocycles. The normalized spacial score (nSPS) is 35.2. The minimum absolute atomic E-state index is 0.00343. The highest BCUT2D eigenvalue weighted by atomic mass is 16.6. The Morgan fingerprint density at radius 1 is 1.26 bits per heavy atom. The van der Waals surface area contributed by atoms with E-state index in [4.69, 9.17) is 4.74 Å². The summed E-state index contributed by atoms with van der Waals surface area (Å²) in [5.74, 6) is -1.27. The van der Waals surface area contributed by atoms with Crippen molar-refractivity contribution in [2.45, 2.75) is 110 Å². The lowest BCUT2D eigenvalue weighted by molar-refractivity contribution is -0.144. The van der Waals surface area contributed by atoms with Crippen molar-refractivity contribution in [1.82, 2.24) is 10.3 Å². The third-order valence-corrected chi connectivity index (χ3v) is 8.63. The van der Waals surface area contributed by atoms with E-state index in [0.717, 1.165) is 30.5 Å². The van der Waals surface area contributed by atoms with Crippen molar-refractivity contribution in [3.05, 3.63) is 48.3 Å². The number of aromatic nitrogens is 1. The van der Waals surface area contributed by atoms with Crippen LogP contribution in [0.4, 0.5) is 0 Å². The molecule has 1 aromatic rings. The zero-order chi connectivity index (χ0) is 28.1. The van der Waals surface area contributed by atoms with Crippen LogP contribution in [0.3, 0.4) is 0 Å². The summed E-state index contributed by atoms with van der Waals surface area (Å²) in [6.07, 6.45) is 7.31. The van der Waals surface area contributed by atoms with Gasteiger partial charge in [0.25, 0.3) is 0 Å². The van der Waals surface area contributed by atoms with Crippen LogP contribution in [0.25, 0.3) is 6.08 Å². The third kappa shape index (κ3) is 7.39. The fourth-order valence-corrected chi connectivity index (χ4v) is 5.60. The Balaban J connectivity index is 1.88. The number of ketones is 1. The maximum atomic E-state index is 13.7. The minimum Gasteiger partial charge on any atom is -0.392 e. The van der Waals surface area contributed by atoms with Crippen LogP contribution in [-0.2, 0) is 14.3 Å². The molecular formula is C31H46N2O5. The maximum absolute atomic E-state index is 13.7. The Morgan fingerprint density at radius 3 is 2.66 bits per heavy atom. The number of Topliss-reactive ketones (excluding diaryl/α,β-unsaturated/α-hetero) is 1. The van der Waals surface area contributed by atoms with E-state index in [0.29, 0.717) is 19.3 Å². The molecule has 0 aliphatic carbocycles. The van der Waals surface area contributed by atoms with Gasteiger partial charge in [0.1, 0.15) is 5.78 Å².